The number of sulfonamides is 1. The van der Waals surface area contributed by atoms with Crippen molar-refractivity contribution < 1.29 is 35.6 Å². The molecule has 0 unspecified atom stereocenters. The van der Waals surface area contributed by atoms with Crippen molar-refractivity contribution >= 4 is 10.0 Å². The van der Waals surface area contributed by atoms with Gasteiger partial charge in [-0.3, -0.25) is 0 Å². The third kappa shape index (κ3) is 5.28. The van der Waals surface area contributed by atoms with E-state index in [1.165, 1.54) is 4.31 Å². The summed E-state index contributed by atoms with van der Waals surface area (Å²) in [6.45, 7) is 0.410. The number of aromatic nitrogens is 2. The summed E-state index contributed by atoms with van der Waals surface area (Å²) >= 11 is 0. The first-order valence-corrected chi connectivity index (χ1v) is 11.4. The van der Waals surface area contributed by atoms with Crippen molar-refractivity contribution in [1.29, 1.82) is 0 Å². The summed E-state index contributed by atoms with van der Waals surface area (Å²) < 4.78 is 78.7. The second kappa shape index (κ2) is 9.02. The normalized spacial score (nSPS) is 17.6. The number of methoxy groups -OCH3 is 1. The number of nitrogens with zero attached hydrogens (tertiary/aromatic N) is 3. The summed E-state index contributed by atoms with van der Waals surface area (Å²) in [6.07, 6.45) is -3.60. The predicted octanol–water partition coefficient (Wildman–Crippen LogP) is 4.21. The van der Waals surface area contributed by atoms with Crippen LogP contribution in [0.25, 0.3) is 11.5 Å². The second-order valence-electron chi connectivity index (χ2n) is 7.41. The Morgan fingerprint density at radius 1 is 1.06 bits per heavy atom. The van der Waals surface area contributed by atoms with Gasteiger partial charge in [0.05, 0.1) is 12.0 Å². The van der Waals surface area contributed by atoms with Gasteiger partial charge in [0, 0.05) is 24.6 Å². The van der Waals surface area contributed by atoms with Crippen molar-refractivity contribution in [3.05, 3.63) is 54.4 Å². The summed E-state index contributed by atoms with van der Waals surface area (Å²) in [5.41, 5.74) is 0.705. The van der Waals surface area contributed by atoms with E-state index in [0.29, 0.717) is 35.9 Å². The molecule has 0 amide bonds. The van der Waals surface area contributed by atoms with Crippen LogP contribution in [0.2, 0.25) is 0 Å². The number of benzene rings is 2. The van der Waals surface area contributed by atoms with Crippen molar-refractivity contribution in [2.75, 3.05) is 20.2 Å². The molecule has 1 fully saturated rings. The summed E-state index contributed by atoms with van der Waals surface area (Å²) in [6, 6.07) is 11.2. The van der Waals surface area contributed by atoms with Crippen LogP contribution in [-0.4, -0.2) is 49.4 Å². The number of piperidine rings is 1. The lowest BCUT2D eigenvalue weighted by atomic mass is 9.99. The largest absolute Gasteiger partial charge is 0.573 e. The van der Waals surface area contributed by atoms with Crippen molar-refractivity contribution in [3.8, 4) is 23.0 Å². The van der Waals surface area contributed by atoms with E-state index in [4.69, 9.17) is 9.26 Å². The van der Waals surface area contributed by atoms with E-state index in [-0.39, 0.29) is 23.9 Å². The van der Waals surface area contributed by atoms with E-state index in [9.17, 15) is 21.6 Å². The molecular formula is C21H20F3N3O5S. The summed E-state index contributed by atoms with van der Waals surface area (Å²) in [5, 5.41) is 4.03. The SMILES string of the molecule is COc1ccc(-c2nc([C@H]3CCCN(S(=O)(=O)c4ccc(OC(F)(F)F)cc4)C3)no2)cc1. The molecule has 8 nitrogen and oxygen atoms in total. The van der Waals surface area contributed by atoms with E-state index in [1.807, 2.05) is 0 Å². The molecule has 1 aromatic heterocycles. The molecule has 0 bridgehead atoms. The Hall–Kier alpha value is -3.12. The Bertz CT molecular complexity index is 1200. The molecule has 33 heavy (non-hydrogen) atoms. The molecule has 2 aromatic carbocycles. The van der Waals surface area contributed by atoms with Gasteiger partial charge in [0.15, 0.2) is 5.82 Å². The highest BCUT2D eigenvalue weighted by Gasteiger charge is 2.34. The van der Waals surface area contributed by atoms with Crippen molar-refractivity contribution in [2.45, 2.75) is 30.0 Å². The van der Waals surface area contributed by atoms with Gasteiger partial charge in [-0.1, -0.05) is 5.16 Å². The summed E-state index contributed by atoms with van der Waals surface area (Å²) in [4.78, 5) is 4.31. The molecular weight excluding hydrogens is 463 g/mol. The molecule has 3 aromatic rings. The third-order valence-corrected chi connectivity index (χ3v) is 7.10. The zero-order chi connectivity index (χ0) is 23.6. The maximum atomic E-state index is 13.0. The molecule has 0 saturated carbocycles. The van der Waals surface area contributed by atoms with Crippen molar-refractivity contribution in [1.82, 2.24) is 14.4 Å². The van der Waals surface area contributed by atoms with Crippen LogP contribution in [0.5, 0.6) is 11.5 Å². The standard InChI is InChI=1S/C21H20F3N3O5S/c1-30-16-6-4-14(5-7-16)20-25-19(26-32-20)15-3-2-12-27(13-15)33(28,29)18-10-8-17(9-11-18)31-21(22,23)24/h4-11,15H,2-3,12-13H2,1H3/t15-/m0/s1. The Kier molecular flexibility index (Phi) is 6.30. The lowest BCUT2D eigenvalue weighted by Gasteiger charge is -2.30. The lowest BCUT2D eigenvalue weighted by Crippen LogP contribution is -2.39. The first kappa shape index (κ1) is 23.1. The molecule has 2 heterocycles. The number of ether oxygens (including phenoxy) is 2. The smallest absolute Gasteiger partial charge is 0.497 e. The number of alkyl halides is 3. The minimum Gasteiger partial charge on any atom is -0.497 e. The molecule has 1 aliphatic heterocycles. The van der Waals surface area contributed by atoms with Crippen LogP contribution in [0.1, 0.15) is 24.6 Å². The fraction of sp³-hybridized carbons (Fsp3) is 0.333. The first-order valence-electron chi connectivity index (χ1n) is 10.00. The van der Waals surface area contributed by atoms with Gasteiger partial charge < -0.3 is 14.0 Å². The maximum absolute atomic E-state index is 13.0. The van der Waals surface area contributed by atoms with Crippen LogP contribution in [-0.2, 0) is 10.0 Å². The number of hydrogen-bond acceptors (Lipinski definition) is 7. The van der Waals surface area contributed by atoms with E-state index in [1.54, 1.807) is 31.4 Å². The van der Waals surface area contributed by atoms with Gasteiger partial charge in [0.25, 0.3) is 5.89 Å². The topological polar surface area (TPSA) is 94.8 Å². The van der Waals surface area contributed by atoms with Crippen molar-refractivity contribution in [2.24, 2.45) is 0 Å². The van der Waals surface area contributed by atoms with Gasteiger partial charge in [-0.05, 0) is 61.4 Å². The number of halogens is 3. The quantitative estimate of drug-likeness (QED) is 0.518. The molecule has 1 atom stereocenters. The summed E-state index contributed by atoms with van der Waals surface area (Å²) in [5.74, 6) is 0.625. The van der Waals surface area contributed by atoms with Gasteiger partial charge in [-0.25, -0.2) is 8.42 Å². The van der Waals surface area contributed by atoms with E-state index in [0.717, 1.165) is 24.3 Å². The van der Waals surface area contributed by atoms with Crippen LogP contribution in [0, 0.1) is 0 Å². The zero-order valence-corrected chi connectivity index (χ0v) is 18.3. The van der Waals surface area contributed by atoms with E-state index >= 15 is 0 Å². The Labute approximate surface area is 188 Å². The average molecular weight is 483 g/mol. The highest BCUT2D eigenvalue weighted by Crippen LogP contribution is 2.31. The zero-order valence-electron chi connectivity index (χ0n) is 17.4. The third-order valence-electron chi connectivity index (χ3n) is 5.22. The van der Waals surface area contributed by atoms with Gasteiger partial charge in [-0.2, -0.15) is 9.29 Å². The molecule has 0 N–H and O–H groups in total. The Morgan fingerprint density at radius 3 is 2.36 bits per heavy atom. The molecule has 4 rings (SSSR count). The van der Waals surface area contributed by atoms with Gasteiger partial charge >= 0.3 is 6.36 Å². The lowest BCUT2D eigenvalue weighted by molar-refractivity contribution is -0.274. The minimum atomic E-state index is -4.85. The summed E-state index contributed by atoms with van der Waals surface area (Å²) in [7, 11) is -2.36. The van der Waals surface area contributed by atoms with Crippen molar-refractivity contribution in [3.63, 3.8) is 0 Å². The van der Waals surface area contributed by atoms with Crippen LogP contribution < -0.4 is 9.47 Å². The minimum absolute atomic E-state index is 0.121. The molecule has 12 heteroatoms. The average Bonchev–Trinajstić information content (AvgIpc) is 3.29. The molecule has 1 saturated heterocycles. The monoisotopic (exact) mass is 483 g/mol. The molecule has 1 aliphatic rings. The molecule has 0 spiro atoms. The predicted molar refractivity (Wildman–Crippen MR) is 110 cm³/mol. The maximum Gasteiger partial charge on any atom is 0.573 e. The molecule has 0 aliphatic carbocycles. The van der Waals surface area contributed by atoms with Crippen LogP contribution in [0.4, 0.5) is 13.2 Å². The first-order chi connectivity index (χ1) is 15.7. The van der Waals surface area contributed by atoms with E-state index < -0.39 is 22.1 Å². The van der Waals surface area contributed by atoms with Crippen LogP contribution in [0.3, 0.4) is 0 Å². The van der Waals surface area contributed by atoms with E-state index in [2.05, 4.69) is 14.9 Å². The Morgan fingerprint density at radius 2 is 1.73 bits per heavy atom. The fourth-order valence-electron chi connectivity index (χ4n) is 3.59. The number of rotatable bonds is 6. The van der Waals surface area contributed by atoms with Gasteiger partial charge in [0.1, 0.15) is 11.5 Å². The van der Waals surface area contributed by atoms with Gasteiger partial charge in [-0.15, -0.1) is 13.2 Å². The Balaban J connectivity index is 1.48. The molecule has 0 radical (unpaired) electrons. The molecule has 176 valence electrons. The number of hydrogen-bond donors (Lipinski definition) is 0. The van der Waals surface area contributed by atoms with Gasteiger partial charge in [0.2, 0.25) is 10.0 Å². The van der Waals surface area contributed by atoms with Crippen LogP contribution >= 0.6 is 0 Å². The fourth-order valence-corrected chi connectivity index (χ4v) is 5.11. The van der Waals surface area contributed by atoms with Crippen LogP contribution in [0.15, 0.2) is 57.9 Å². The highest BCUT2D eigenvalue weighted by molar-refractivity contribution is 7.89. The second-order valence-corrected chi connectivity index (χ2v) is 9.35. The highest BCUT2D eigenvalue weighted by atomic mass is 32.2.